The van der Waals surface area contributed by atoms with E-state index in [0.29, 0.717) is 24.1 Å². The van der Waals surface area contributed by atoms with Crippen LogP contribution in [0.15, 0.2) is 77.7 Å². The number of fused-ring (bicyclic) bond motifs is 1. The van der Waals surface area contributed by atoms with Gasteiger partial charge in [-0.05, 0) is 66.9 Å². The number of anilines is 2. The van der Waals surface area contributed by atoms with E-state index in [4.69, 9.17) is 5.11 Å². The fourth-order valence-corrected chi connectivity index (χ4v) is 5.12. The predicted molar refractivity (Wildman–Crippen MR) is 122 cm³/mol. The van der Waals surface area contributed by atoms with Crippen molar-refractivity contribution >= 4 is 38.6 Å². The summed E-state index contributed by atoms with van der Waals surface area (Å²) in [6.07, 6.45) is 1.35. The second kappa shape index (κ2) is 10.6. The van der Waals surface area contributed by atoms with Gasteiger partial charge in [0.1, 0.15) is 5.82 Å². The van der Waals surface area contributed by atoms with Crippen LogP contribution in [0.2, 0.25) is 0 Å². The Hall–Kier alpha value is -3.28. The van der Waals surface area contributed by atoms with Crippen molar-refractivity contribution in [1.29, 1.82) is 0 Å². The third-order valence-corrected chi connectivity index (χ3v) is 7.01. The highest BCUT2D eigenvalue weighted by atomic mass is 32.2. The molecule has 1 atom stereocenters. The Morgan fingerprint density at radius 2 is 1.73 bits per heavy atom. The highest BCUT2D eigenvalue weighted by molar-refractivity contribution is 7.92. The molecular formula is C22H20FN2O6S2-. The largest absolute Gasteiger partial charge is 0.755 e. The number of carbonyl (C=O) groups is 1. The average Bonchev–Trinajstić information content (AvgIpc) is 2.79. The van der Waals surface area contributed by atoms with Crippen molar-refractivity contribution < 1.29 is 31.5 Å². The molecule has 0 fully saturated rings. The van der Waals surface area contributed by atoms with Gasteiger partial charge < -0.3 is 14.4 Å². The van der Waals surface area contributed by atoms with Crippen molar-refractivity contribution in [2.45, 2.75) is 17.7 Å². The summed E-state index contributed by atoms with van der Waals surface area (Å²) in [6, 6.07) is 17.7. The molecule has 0 aliphatic carbocycles. The van der Waals surface area contributed by atoms with Gasteiger partial charge in [0, 0.05) is 23.5 Å². The fourth-order valence-electron chi connectivity index (χ4n) is 3.26. The van der Waals surface area contributed by atoms with Crippen molar-refractivity contribution in [2.75, 3.05) is 15.6 Å². The molecule has 0 radical (unpaired) electrons. The van der Waals surface area contributed by atoms with Crippen molar-refractivity contribution in [1.82, 2.24) is 0 Å². The van der Waals surface area contributed by atoms with Crippen LogP contribution in [0.3, 0.4) is 0 Å². The summed E-state index contributed by atoms with van der Waals surface area (Å²) >= 11 is -2.50. The maximum Gasteiger partial charge on any atom is 0.335 e. The fraction of sp³-hybridized carbons (Fsp3) is 0.136. The van der Waals surface area contributed by atoms with E-state index < -0.39 is 33.1 Å². The maximum absolute atomic E-state index is 13.1. The average molecular weight is 492 g/mol. The number of nitrogens with zero attached hydrogens (tertiary/aromatic N) is 1. The third kappa shape index (κ3) is 6.15. The first-order valence-corrected chi connectivity index (χ1v) is 12.3. The van der Waals surface area contributed by atoms with Crippen LogP contribution in [-0.4, -0.2) is 34.8 Å². The molecule has 0 spiro atoms. The van der Waals surface area contributed by atoms with Crippen LogP contribution in [0.1, 0.15) is 22.3 Å². The van der Waals surface area contributed by atoms with Crippen molar-refractivity contribution in [2.24, 2.45) is 0 Å². The Bertz CT molecular complexity index is 1250. The monoisotopic (exact) mass is 491 g/mol. The zero-order valence-electron chi connectivity index (χ0n) is 17.2. The first-order valence-electron chi connectivity index (χ1n) is 9.74. The Morgan fingerprint density at radius 3 is 2.30 bits per heavy atom. The zero-order valence-corrected chi connectivity index (χ0v) is 18.8. The smallest absolute Gasteiger partial charge is 0.335 e. The highest BCUT2D eigenvalue weighted by Gasteiger charge is 2.29. The van der Waals surface area contributed by atoms with Crippen LogP contribution in [-0.2, 0) is 27.7 Å². The Labute approximate surface area is 193 Å². The number of aryl methyl sites for hydroxylation is 1. The summed E-state index contributed by atoms with van der Waals surface area (Å²) in [6.45, 7) is 0.274. The van der Waals surface area contributed by atoms with Gasteiger partial charge in [-0.3, -0.25) is 8.51 Å². The first-order chi connectivity index (χ1) is 15.7. The van der Waals surface area contributed by atoms with E-state index in [1.54, 1.807) is 42.5 Å². The van der Waals surface area contributed by atoms with Crippen LogP contribution in [0.25, 0.3) is 0 Å². The minimum absolute atomic E-state index is 0.0116. The van der Waals surface area contributed by atoms with E-state index in [-0.39, 0.29) is 17.1 Å². The summed E-state index contributed by atoms with van der Waals surface area (Å²) in [4.78, 5) is 10.2. The molecule has 1 aliphatic heterocycles. The summed E-state index contributed by atoms with van der Waals surface area (Å²) in [5.41, 5.74) is 1.86. The van der Waals surface area contributed by atoms with E-state index in [9.17, 15) is 26.4 Å². The first kappa shape index (κ1) is 24.4. The molecular weight excluding hydrogens is 471 g/mol. The molecule has 11 heteroatoms. The summed E-state index contributed by atoms with van der Waals surface area (Å²) in [5.74, 6) is -1.40. The van der Waals surface area contributed by atoms with Gasteiger partial charge in [-0.25, -0.2) is 17.6 Å². The molecule has 3 aromatic rings. The standard InChI is InChI=1S/C15H15FN2O4S2.C7H6O2/c16-12-4-7-14(8-5-12)24(21,22)18-9-1-2-11-3-6-13(10-15(11)18)17-23(19)20;8-7(9)6-4-2-1-3-5-6/h3-8,10,17H,1-2,9H2,(H,19,20);1-5H,(H,8,9)/p-1. The summed E-state index contributed by atoms with van der Waals surface area (Å²) < 4.78 is 63.8. The molecule has 1 aliphatic rings. The maximum atomic E-state index is 13.1. The molecule has 1 unspecified atom stereocenters. The molecule has 8 nitrogen and oxygen atoms in total. The quantitative estimate of drug-likeness (QED) is 0.526. The normalized spacial score (nSPS) is 13.8. The molecule has 174 valence electrons. The van der Waals surface area contributed by atoms with Crippen LogP contribution in [0, 0.1) is 5.82 Å². The predicted octanol–water partition coefficient (Wildman–Crippen LogP) is 3.56. The SMILES string of the molecule is O=C(O)c1ccccc1.O=S([O-])Nc1ccc2c(c1)N(S(=O)(=O)c1ccc(F)cc1)CCC2. The number of rotatable bonds is 5. The van der Waals surface area contributed by atoms with Crippen LogP contribution < -0.4 is 9.03 Å². The van der Waals surface area contributed by atoms with Gasteiger partial charge in [0.2, 0.25) is 0 Å². The second-order valence-electron chi connectivity index (χ2n) is 6.99. The van der Waals surface area contributed by atoms with Gasteiger partial charge in [-0.1, -0.05) is 24.3 Å². The van der Waals surface area contributed by atoms with Crippen LogP contribution in [0.4, 0.5) is 15.8 Å². The molecule has 33 heavy (non-hydrogen) atoms. The molecule has 3 aromatic carbocycles. The van der Waals surface area contributed by atoms with Crippen LogP contribution in [0.5, 0.6) is 0 Å². The number of benzene rings is 3. The number of carboxylic acid groups (broad SMARTS) is 1. The Morgan fingerprint density at radius 1 is 1.06 bits per heavy atom. The molecule has 0 saturated heterocycles. The topological polar surface area (TPSA) is 127 Å². The van der Waals surface area contributed by atoms with E-state index in [1.165, 1.54) is 22.5 Å². The van der Waals surface area contributed by atoms with Gasteiger partial charge in [-0.15, -0.1) is 0 Å². The number of hydrogen-bond donors (Lipinski definition) is 2. The van der Waals surface area contributed by atoms with Gasteiger partial charge >= 0.3 is 5.97 Å². The molecule has 0 amide bonds. The lowest BCUT2D eigenvalue weighted by atomic mass is 10.0. The van der Waals surface area contributed by atoms with Crippen molar-refractivity contribution in [3.8, 4) is 0 Å². The van der Waals surface area contributed by atoms with Gasteiger partial charge in [0.05, 0.1) is 16.1 Å². The van der Waals surface area contributed by atoms with E-state index in [0.717, 1.165) is 17.7 Å². The lowest BCUT2D eigenvalue weighted by Gasteiger charge is -2.31. The van der Waals surface area contributed by atoms with Gasteiger partial charge in [-0.2, -0.15) is 0 Å². The Kier molecular flexibility index (Phi) is 7.79. The number of aromatic carboxylic acids is 1. The highest BCUT2D eigenvalue weighted by Crippen LogP contribution is 2.34. The van der Waals surface area contributed by atoms with Crippen LogP contribution >= 0.6 is 0 Å². The van der Waals surface area contributed by atoms with Gasteiger partial charge in [0.25, 0.3) is 10.0 Å². The number of hydrogen-bond acceptors (Lipinski definition) is 5. The number of carboxylic acids is 1. The molecule has 0 saturated carbocycles. The lowest BCUT2D eigenvalue weighted by molar-refractivity contribution is 0.0697. The molecule has 0 aromatic heterocycles. The molecule has 1 heterocycles. The third-order valence-electron chi connectivity index (χ3n) is 4.78. The molecule has 0 bridgehead atoms. The van der Waals surface area contributed by atoms with E-state index >= 15 is 0 Å². The summed E-state index contributed by atoms with van der Waals surface area (Å²) in [5, 5.41) is 8.38. The molecule has 4 rings (SSSR count). The number of nitrogens with one attached hydrogen (secondary N) is 1. The number of halogens is 1. The number of sulfonamides is 1. The minimum Gasteiger partial charge on any atom is -0.755 e. The Balaban J connectivity index is 0.000000286. The summed E-state index contributed by atoms with van der Waals surface area (Å²) in [7, 11) is -3.85. The zero-order chi connectivity index (χ0) is 24.0. The second-order valence-corrected chi connectivity index (χ2v) is 9.52. The van der Waals surface area contributed by atoms with Gasteiger partial charge in [0.15, 0.2) is 0 Å². The lowest BCUT2D eigenvalue weighted by Crippen LogP contribution is -2.35. The van der Waals surface area contributed by atoms with E-state index in [2.05, 4.69) is 4.72 Å². The van der Waals surface area contributed by atoms with Crippen molar-refractivity contribution in [3.63, 3.8) is 0 Å². The molecule has 2 N–H and O–H groups in total. The van der Waals surface area contributed by atoms with E-state index in [1.807, 2.05) is 0 Å². The van der Waals surface area contributed by atoms with Crippen molar-refractivity contribution in [3.05, 3.63) is 89.7 Å². The minimum atomic E-state index is -3.85.